The van der Waals surface area contributed by atoms with Crippen LogP contribution >= 0.6 is 39.1 Å². The zero-order valence-electron chi connectivity index (χ0n) is 15.7. The zero-order chi connectivity index (χ0) is 19.7. The molecule has 0 spiro atoms. The Morgan fingerprint density at radius 3 is 2.52 bits per heavy atom. The van der Waals surface area contributed by atoms with Crippen molar-refractivity contribution in [1.29, 1.82) is 0 Å². The predicted molar refractivity (Wildman–Crippen MR) is 116 cm³/mol. The number of halogens is 4. The van der Waals surface area contributed by atoms with Gasteiger partial charge in [-0.2, -0.15) is 0 Å². The van der Waals surface area contributed by atoms with Crippen LogP contribution in [0.3, 0.4) is 0 Å². The fourth-order valence-corrected chi connectivity index (χ4v) is 4.30. The minimum Gasteiger partial charge on any atom is -1.00 e. The van der Waals surface area contributed by atoms with Crippen molar-refractivity contribution in [2.75, 3.05) is 0 Å². The van der Waals surface area contributed by atoms with Gasteiger partial charge in [0.1, 0.15) is 6.20 Å². The summed E-state index contributed by atoms with van der Waals surface area (Å²) in [6.45, 7) is 1.28. The zero-order valence-corrected chi connectivity index (χ0v) is 20.4. The minimum absolute atomic E-state index is 0. The molecule has 29 heavy (non-hydrogen) atoms. The number of nitrogens with zero attached hydrogens (tertiary/aromatic N) is 2. The van der Waals surface area contributed by atoms with Crippen molar-refractivity contribution in [2.45, 2.75) is 38.8 Å². The summed E-state index contributed by atoms with van der Waals surface area (Å²) in [6.07, 6.45) is 6.62. The largest absolute Gasteiger partial charge is 1.00 e. The van der Waals surface area contributed by atoms with Crippen LogP contribution in [-0.2, 0) is 19.5 Å². The number of Topliss-reactive ketones (excluding diaryl/α,β-unsaturated/α-hetero) is 1. The van der Waals surface area contributed by atoms with E-state index in [2.05, 4.69) is 31.3 Å². The Kier molecular flexibility index (Phi) is 7.60. The van der Waals surface area contributed by atoms with E-state index in [1.807, 2.05) is 42.5 Å². The Hall–Kier alpha value is -1.14. The lowest BCUT2D eigenvalue weighted by molar-refractivity contribution is -0.702. The summed E-state index contributed by atoms with van der Waals surface area (Å²) in [5.41, 5.74) is 2.68. The van der Waals surface area contributed by atoms with Crippen molar-refractivity contribution in [3.05, 3.63) is 74.6 Å². The first-order chi connectivity index (χ1) is 13.5. The molecule has 0 fully saturated rings. The van der Waals surface area contributed by atoms with E-state index in [0.717, 1.165) is 41.5 Å². The molecule has 0 saturated carbocycles. The number of hydrogen-bond acceptors (Lipinski definition) is 1. The van der Waals surface area contributed by atoms with E-state index in [9.17, 15) is 4.79 Å². The van der Waals surface area contributed by atoms with Crippen molar-refractivity contribution >= 4 is 44.9 Å². The molecule has 7 heteroatoms. The molecule has 0 saturated heterocycles. The Morgan fingerprint density at radius 2 is 1.79 bits per heavy atom. The third kappa shape index (κ3) is 4.96. The second kappa shape index (κ2) is 9.78. The first kappa shape index (κ1) is 22.5. The number of hydrogen-bond donors (Lipinski definition) is 0. The van der Waals surface area contributed by atoms with Crippen LogP contribution in [0.25, 0.3) is 11.3 Å². The third-order valence-electron chi connectivity index (χ3n) is 5.19. The van der Waals surface area contributed by atoms with E-state index in [4.69, 9.17) is 23.2 Å². The highest BCUT2D eigenvalue weighted by molar-refractivity contribution is 9.10. The molecule has 0 unspecified atom stereocenters. The van der Waals surface area contributed by atoms with Gasteiger partial charge in [0.05, 0.1) is 16.6 Å². The number of aromatic nitrogens is 2. The van der Waals surface area contributed by atoms with Gasteiger partial charge in [-0.25, -0.2) is 9.13 Å². The molecule has 0 radical (unpaired) electrons. The topological polar surface area (TPSA) is 25.9 Å². The molecule has 0 atom stereocenters. The summed E-state index contributed by atoms with van der Waals surface area (Å²) in [6, 6.07) is 13.2. The van der Waals surface area contributed by atoms with Crippen LogP contribution in [-0.4, -0.2) is 10.4 Å². The number of carbonyl (C=O) groups is 1. The molecule has 1 aromatic heterocycles. The van der Waals surface area contributed by atoms with Crippen LogP contribution in [0.4, 0.5) is 0 Å². The molecular formula is C22H20Br2Cl2N2O. The standard InChI is InChI=1S/C22H20BrCl2N2O.BrH/c23-17-8-5-15(6-9-17)21(28)14-27-20(16-7-10-18(24)19(25)12-16)13-26-11-3-1-2-4-22(26)27;/h5-10,12-13H,1-4,11,14H2;1H/q+1;/p-1. The van der Waals surface area contributed by atoms with Gasteiger partial charge in [0.25, 0.3) is 5.82 Å². The maximum absolute atomic E-state index is 13.0. The molecule has 2 aromatic carbocycles. The average Bonchev–Trinajstić information content (AvgIpc) is 2.86. The third-order valence-corrected chi connectivity index (χ3v) is 6.46. The summed E-state index contributed by atoms with van der Waals surface area (Å²) in [5, 5.41) is 1.05. The minimum atomic E-state index is 0. The lowest BCUT2D eigenvalue weighted by atomic mass is 10.1. The molecule has 2 heterocycles. The van der Waals surface area contributed by atoms with Gasteiger partial charge in [0.2, 0.25) is 5.78 Å². The van der Waals surface area contributed by atoms with Gasteiger partial charge in [-0.3, -0.25) is 4.79 Å². The van der Waals surface area contributed by atoms with E-state index in [0.29, 0.717) is 22.2 Å². The van der Waals surface area contributed by atoms with Gasteiger partial charge in [-0.1, -0.05) is 51.3 Å². The van der Waals surface area contributed by atoms with E-state index < -0.39 is 0 Å². The number of fused-ring (bicyclic) bond motifs is 1. The SMILES string of the molecule is O=C(Cn1c(-c2ccc(Cl)c(Cl)c2)c[n+]2c1CCCCC2)c1ccc(Br)cc1.[Br-]. The summed E-state index contributed by atoms with van der Waals surface area (Å²) in [4.78, 5) is 13.0. The van der Waals surface area contributed by atoms with E-state index in [1.165, 1.54) is 12.2 Å². The fourth-order valence-electron chi connectivity index (χ4n) is 3.73. The average molecular weight is 559 g/mol. The Labute approximate surface area is 199 Å². The van der Waals surface area contributed by atoms with Crippen LogP contribution in [0.1, 0.15) is 35.4 Å². The Bertz CT molecular complexity index is 1030. The monoisotopic (exact) mass is 556 g/mol. The number of rotatable bonds is 4. The van der Waals surface area contributed by atoms with Crippen molar-refractivity contribution in [2.24, 2.45) is 0 Å². The first-order valence-corrected chi connectivity index (χ1v) is 10.9. The predicted octanol–water partition coefficient (Wildman–Crippen LogP) is 3.13. The molecule has 1 aliphatic rings. The lowest BCUT2D eigenvalue weighted by Crippen LogP contribution is -3.00. The number of benzene rings is 2. The summed E-state index contributed by atoms with van der Waals surface area (Å²) < 4.78 is 5.40. The highest BCUT2D eigenvalue weighted by atomic mass is 79.9. The molecular weight excluding hydrogens is 539 g/mol. The number of aryl methyl sites for hydroxylation is 1. The van der Waals surface area contributed by atoms with Gasteiger partial charge in [-0.15, -0.1) is 0 Å². The maximum Gasteiger partial charge on any atom is 0.257 e. The van der Waals surface area contributed by atoms with Gasteiger partial charge < -0.3 is 17.0 Å². The summed E-state index contributed by atoms with van der Waals surface area (Å²) in [5.74, 6) is 1.29. The maximum atomic E-state index is 13.0. The van der Waals surface area contributed by atoms with Crippen LogP contribution < -0.4 is 21.5 Å². The van der Waals surface area contributed by atoms with Crippen molar-refractivity contribution < 1.29 is 26.3 Å². The van der Waals surface area contributed by atoms with Crippen LogP contribution in [0.2, 0.25) is 10.0 Å². The van der Waals surface area contributed by atoms with Crippen molar-refractivity contribution in [1.82, 2.24) is 4.57 Å². The molecule has 1 aliphatic heterocycles. The van der Waals surface area contributed by atoms with Gasteiger partial charge >= 0.3 is 0 Å². The van der Waals surface area contributed by atoms with Crippen LogP contribution in [0.5, 0.6) is 0 Å². The highest BCUT2D eigenvalue weighted by Crippen LogP contribution is 2.30. The van der Waals surface area contributed by atoms with Crippen molar-refractivity contribution in [3.63, 3.8) is 0 Å². The molecule has 0 aliphatic carbocycles. The highest BCUT2D eigenvalue weighted by Gasteiger charge is 2.27. The molecule has 152 valence electrons. The molecule has 0 N–H and O–H groups in total. The Morgan fingerprint density at radius 1 is 1.03 bits per heavy atom. The summed E-state index contributed by atoms with van der Waals surface area (Å²) in [7, 11) is 0. The molecule has 0 bridgehead atoms. The Balaban J connectivity index is 0.00000240. The van der Waals surface area contributed by atoms with Crippen LogP contribution in [0.15, 0.2) is 53.1 Å². The number of ketones is 1. The van der Waals surface area contributed by atoms with Crippen molar-refractivity contribution in [3.8, 4) is 11.3 Å². The van der Waals surface area contributed by atoms with Crippen LogP contribution in [0, 0.1) is 0 Å². The molecule has 0 amide bonds. The fraction of sp³-hybridized carbons (Fsp3) is 0.273. The van der Waals surface area contributed by atoms with E-state index in [1.54, 1.807) is 0 Å². The van der Waals surface area contributed by atoms with E-state index >= 15 is 0 Å². The normalized spacial score (nSPS) is 13.3. The second-order valence-corrected chi connectivity index (χ2v) is 8.81. The molecule has 4 rings (SSSR count). The lowest BCUT2D eigenvalue weighted by Gasteiger charge is -2.07. The van der Waals surface area contributed by atoms with E-state index in [-0.39, 0.29) is 22.8 Å². The molecule has 3 nitrogen and oxygen atoms in total. The second-order valence-electron chi connectivity index (χ2n) is 7.08. The summed E-state index contributed by atoms with van der Waals surface area (Å²) >= 11 is 15.8. The quantitative estimate of drug-likeness (QED) is 0.357. The van der Waals surface area contributed by atoms with Gasteiger partial charge in [0, 0.05) is 22.0 Å². The number of imidazole rings is 1. The smallest absolute Gasteiger partial charge is 0.257 e. The van der Waals surface area contributed by atoms with Gasteiger partial charge in [0.15, 0.2) is 12.2 Å². The molecule has 3 aromatic rings. The first-order valence-electron chi connectivity index (χ1n) is 9.39. The number of carbonyl (C=O) groups excluding carboxylic acids is 1. The van der Waals surface area contributed by atoms with Gasteiger partial charge in [-0.05, 0) is 49.6 Å².